The Morgan fingerprint density at radius 2 is 1.41 bits per heavy atom. The zero-order valence-corrected chi connectivity index (χ0v) is 18.3. The van der Waals surface area contributed by atoms with Gasteiger partial charge in [0.2, 0.25) is 0 Å². The molecular weight excluding hydrogens is 461 g/mol. The summed E-state index contributed by atoms with van der Waals surface area (Å²) < 4.78 is 47.1. The van der Waals surface area contributed by atoms with Crippen molar-refractivity contribution in [3.05, 3.63) is 95.8 Å². The van der Waals surface area contributed by atoms with E-state index in [0.29, 0.717) is 11.1 Å². The summed E-state index contributed by atoms with van der Waals surface area (Å²) in [4.78, 5) is 25.0. The fourth-order valence-electron chi connectivity index (χ4n) is 3.44. The maximum absolute atomic E-state index is 14.3. The molecule has 0 saturated heterocycles. The normalized spacial score (nSPS) is 11.2. The van der Waals surface area contributed by atoms with Gasteiger partial charge < -0.3 is 16.4 Å². The highest BCUT2D eigenvalue weighted by Crippen LogP contribution is 2.30. The number of hydrogen-bond acceptors (Lipinski definition) is 5. The van der Waals surface area contributed by atoms with Gasteiger partial charge in [-0.25, -0.2) is 4.39 Å². The van der Waals surface area contributed by atoms with E-state index in [4.69, 9.17) is 5.73 Å². The van der Waals surface area contributed by atoms with E-state index in [1.165, 1.54) is 42.5 Å². The van der Waals surface area contributed by atoms with Crippen molar-refractivity contribution in [1.82, 2.24) is 0 Å². The van der Waals surface area contributed by atoms with Gasteiger partial charge in [0.25, 0.3) is 21.9 Å². The maximum atomic E-state index is 14.3. The SMILES string of the molecule is Nc1cccc(C(=O)Nc2cc(C(=O)Nc3ccc(S(=O)(=O)O)c4ccccc34)ccc2F)c1. The molecule has 8 nitrogen and oxygen atoms in total. The first kappa shape index (κ1) is 22.9. The van der Waals surface area contributed by atoms with Gasteiger partial charge in [-0.05, 0) is 48.5 Å². The molecule has 4 aromatic rings. The summed E-state index contributed by atoms with van der Waals surface area (Å²) in [6, 6.07) is 18.5. The van der Waals surface area contributed by atoms with Crippen LogP contribution in [-0.2, 0) is 10.1 Å². The van der Waals surface area contributed by atoms with Crippen molar-refractivity contribution in [2.24, 2.45) is 0 Å². The van der Waals surface area contributed by atoms with Crippen molar-refractivity contribution in [2.45, 2.75) is 4.90 Å². The summed E-state index contributed by atoms with van der Waals surface area (Å²) in [5.41, 5.74) is 6.39. The second kappa shape index (κ2) is 8.93. The number of anilines is 3. The first-order valence-corrected chi connectivity index (χ1v) is 11.3. The second-order valence-electron chi connectivity index (χ2n) is 7.36. The van der Waals surface area contributed by atoms with Crippen LogP contribution < -0.4 is 16.4 Å². The predicted molar refractivity (Wildman–Crippen MR) is 127 cm³/mol. The molecule has 2 amide bonds. The van der Waals surface area contributed by atoms with Crippen LogP contribution in [-0.4, -0.2) is 24.8 Å². The van der Waals surface area contributed by atoms with Crippen molar-refractivity contribution in [2.75, 3.05) is 16.4 Å². The molecule has 0 spiro atoms. The van der Waals surface area contributed by atoms with Crippen molar-refractivity contribution in [1.29, 1.82) is 0 Å². The summed E-state index contributed by atoms with van der Waals surface area (Å²) in [5.74, 6) is -1.96. The third-order valence-electron chi connectivity index (χ3n) is 5.04. The van der Waals surface area contributed by atoms with E-state index >= 15 is 0 Å². The topological polar surface area (TPSA) is 139 Å². The maximum Gasteiger partial charge on any atom is 0.295 e. The average molecular weight is 479 g/mol. The van der Waals surface area contributed by atoms with E-state index in [1.807, 2.05) is 0 Å². The van der Waals surface area contributed by atoms with Gasteiger partial charge >= 0.3 is 0 Å². The lowest BCUT2D eigenvalue weighted by Crippen LogP contribution is -2.16. The van der Waals surface area contributed by atoms with Gasteiger partial charge in [0, 0.05) is 33.3 Å². The number of rotatable bonds is 5. The quantitative estimate of drug-likeness (QED) is 0.248. The van der Waals surface area contributed by atoms with Crippen molar-refractivity contribution in [3.8, 4) is 0 Å². The highest BCUT2D eigenvalue weighted by Gasteiger charge is 2.18. The highest BCUT2D eigenvalue weighted by molar-refractivity contribution is 7.86. The third-order valence-corrected chi connectivity index (χ3v) is 5.95. The lowest BCUT2D eigenvalue weighted by Gasteiger charge is -2.12. The van der Waals surface area contributed by atoms with Crippen LogP contribution in [0, 0.1) is 5.82 Å². The number of carbonyl (C=O) groups is 2. The molecule has 34 heavy (non-hydrogen) atoms. The molecule has 0 heterocycles. The van der Waals surface area contributed by atoms with Crippen molar-refractivity contribution in [3.63, 3.8) is 0 Å². The molecule has 0 aliphatic rings. The molecule has 0 fully saturated rings. The smallest absolute Gasteiger partial charge is 0.295 e. The van der Waals surface area contributed by atoms with Crippen LogP contribution in [0.1, 0.15) is 20.7 Å². The standard InChI is InChI=1S/C24H18FN3O5S/c25-19-9-8-15(13-21(19)28-23(29)14-4-3-5-16(26)12-14)24(30)27-20-10-11-22(34(31,32)33)18-7-2-1-6-17(18)20/h1-13H,26H2,(H,27,30)(H,28,29)(H,31,32,33). The largest absolute Gasteiger partial charge is 0.399 e. The van der Waals surface area contributed by atoms with Crippen LogP contribution >= 0.6 is 0 Å². The number of nitrogen functional groups attached to an aromatic ring is 1. The lowest BCUT2D eigenvalue weighted by molar-refractivity contribution is 0.101. The molecule has 172 valence electrons. The van der Waals surface area contributed by atoms with E-state index in [9.17, 15) is 27.0 Å². The summed E-state index contributed by atoms with van der Waals surface area (Å²) in [6.45, 7) is 0. The van der Waals surface area contributed by atoms with Crippen LogP contribution in [0.4, 0.5) is 21.5 Å². The highest BCUT2D eigenvalue weighted by atomic mass is 32.2. The zero-order valence-electron chi connectivity index (χ0n) is 17.4. The lowest BCUT2D eigenvalue weighted by atomic mass is 10.1. The first-order valence-electron chi connectivity index (χ1n) is 9.90. The molecule has 0 unspecified atom stereocenters. The second-order valence-corrected chi connectivity index (χ2v) is 8.75. The van der Waals surface area contributed by atoms with Crippen LogP contribution in [0.15, 0.2) is 83.8 Å². The zero-order chi connectivity index (χ0) is 24.5. The molecular formula is C24H18FN3O5S. The first-order chi connectivity index (χ1) is 16.1. The molecule has 0 atom stereocenters. The fraction of sp³-hybridized carbons (Fsp3) is 0. The van der Waals surface area contributed by atoms with Crippen LogP contribution in [0.25, 0.3) is 10.8 Å². The van der Waals surface area contributed by atoms with E-state index < -0.39 is 27.7 Å². The number of nitrogens with one attached hydrogen (secondary N) is 2. The molecule has 0 aliphatic heterocycles. The summed E-state index contributed by atoms with van der Waals surface area (Å²) in [7, 11) is -4.48. The number of carbonyl (C=O) groups excluding carboxylic acids is 2. The van der Waals surface area contributed by atoms with Crippen LogP contribution in [0.2, 0.25) is 0 Å². The van der Waals surface area contributed by atoms with Crippen LogP contribution in [0.3, 0.4) is 0 Å². The minimum absolute atomic E-state index is 0.0483. The monoisotopic (exact) mass is 479 g/mol. The van der Waals surface area contributed by atoms with E-state index in [2.05, 4.69) is 10.6 Å². The van der Waals surface area contributed by atoms with E-state index in [-0.39, 0.29) is 32.8 Å². The number of benzene rings is 4. The molecule has 5 N–H and O–H groups in total. The number of nitrogens with two attached hydrogens (primary N) is 1. The van der Waals surface area contributed by atoms with Crippen molar-refractivity contribution >= 4 is 49.8 Å². The summed E-state index contributed by atoms with van der Waals surface area (Å²) in [6.07, 6.45) is 0. The number of hydrogen-bond donors (Lipinski definition) is 4. The fourth-order valence-corrected chi connectivity index (χ4v) is 4.13. The molecule has 0 saturated carbocycles. The molecule has 10 heteroatoms. The Morgan fingerprint density at radius 1 is 0.765 bits per heavy atom. The van der Waals surface area contributed by atoms with Crippen LogP contribution in [0.5, 0.6) is 0 Å². The van der Waals surface area contributed by atoms with Gasteiger partial charge in [-0.3, -0.25) is 14.1 Å². The van der Waals surface area contributed by atoms with Gasteiger partial charge in [-0.15, -0.1) is 0 Å². The molecule has 0 bridgehead atoms. The van der Waals surface area contributed by atoms with Gasteiger partial charge in [0.1, 0.15) is 10.7 Å². The number of fused-ring (bicyclic) bond motifs is 1. The number of amides is 2. The minimum atomic E-state index is -4.48. The van der Waals surface area contributed by atoms with E-state index in [1.54, 1.807) is 30.3 Å². The van der Waals surface area contributed by atoms with Crippen molar-refractivity contribution < 1.29 is 27.0 Å². The summed E-state index contributed by atoms with van der Waals surface area (Å²) in [5, 5.41) is 5.67. The predicted octanol–water partition coefficient (Wildman–Crippen LogP) is 4.31. The minimum Gasteiger partial charge on any atom is -0.399 e. The number of halogens is 1. The molecule has 0 radical (unpaired) electrons. The van der Waals surface area contributed by atoms with E-state index in [0.717, 1.165) is 6.07 Å². The Kier molecular flexibility index (Phi) is 6.01. The Balaban J connectivity index is 1.62. The molecule has 0 aliphatic carbocycles. The Bertz CT molecular complexity index is 1550. The summed E-state index contributed by atoms with van der Waals surface area (Å²) >= 11 is 0. The third kappa shape index (κ3) is 4.72. The molecule has 0 aromatic heterocycles. The Labute approximate surface area is 194 Å². The van der Waals surface area contributed by atoms with Gasteiger partial charge in [-0.1, -0.05) is 30.3 Å². The average Bonchev–Trinajstić information content (AvgIpc) is 2.79. The van der Waals surface area contributed by atoms with Gasteiger partial charge in [-0.2, -0.15) is 8.42 Å². The Hall–Kier alpha value is -4.28. The Morgan fingerprint density at radius 3 is 2.09 bits per heavy atom. The van der Waals surface area contributed by atoms with Gasteiger partial charge in [0.15, 0.2) is 0 Å². The molecule has 4 rings (SSSR count). The molecule has 4 aromatic carbocycles. The van der Waals surface area contributed by atoms with Gasteiger partial charge in [0.05, 0.1) is 5.69 Å².